The third-order valence-corrected chi connectivity index (χ3v) is 5.57. The van der Waals surface area contributed by atoms with Crippen molar-refractivity contribution in [3.8, 4) is 22.8 Å². The number of anilines is 2. The van der Waals surface area contributed by atoms with E-state index in [0.29, 0.717) is 41.2 Å². The molecule has 1 fully saturated rings. The molecule has 4 aromatic heterocycles. The fraction of sp³-hybridized carbons (Fsp3) is 0.273. The second-order valence-electron chi connectivity index (χ2n) is 7.77. The molecule has 0 spiro atoms. The van der Waals surface area contributed by atoms with Gasteiger partial charge in [-0.05, 0) is 25.1 Å². The normalized spacial score (nSPS) is 18.2. The molecule has 4 aromatic rings. The summed E-state index contributed by atoms with van der Waals surface area (Å²) in [6.07, 6.45) is 3.77. The van der Waals surface area contributed by atoms with Crippen LogP contribution >= 0.6 is 0 Å². The Balaban J connectivity index is 1.40. The zero-order valence-electron chi connectivity index (χ0n) is 18.1. The van der Waals surface area contributed by atoms with Gasteiger partial charge in [-0.2, -0.15) is 5.10 Å². The van der Waals surface area contributed by atoms with Crippen LogP contribution in [0.4, 0.5) is 11.8 Å². The van der Waals surface area contributed by atoms with Crippen molar-refractivity contribution in [2.45, 2.75) is 25.5 Å². The van der Waals surface area contributed by atoms with Gasteiger partial charge in [-0.25, -0.2) is 15.0 Å². The van der Waals surface area contributed by atoms with Crippen LogP contribution in [0, 0.1) is 0 Å². The summed E-state index contributed by atoms with van der Waals surface area (Å²) in [4.78, 5) is 27.2. The average Bonchev–Trinajstić information content (AvgIpc) is 3.57. The number of pyridine rings is 1. The number of carbonyl (C=O) groups is 1. The van der Waals surface area contributed by atoms with Gasteiger partial charge in [-0.15, -0.1) is 0 Å². The number of hydrogen-bond acceptors (Lipinski definition) is 9. The van der Waals surface area contributed by atoms with E-state index in [2.05, 4.69) is 30.5 Å². The Labute approximate surface area is 189 Å². The quantitative estimate of drug-likeness (QED) is 0.457. The minimum Gasteiger partial charge on any atom is -0.374 e. The molecule has 0 saturated carbocycles. The molecule has 1 aliphatic rings. The zero-order valence-corrected chi connectivity index (χ0v) is 18.1. The second kappa shape index (κ2) is 8.10. The van der Waals surface area contributed by atoms with Crippen molar-refractivity contribution in [3.05, 3.63) is 54.5 Å². The third kappa shape index (κ3) is 3.82. The molecule has 11 heteroatoms. The number of likely N-dealkylation sites (N-methyl/N-ethyl adjacent to an activating group) is 1. The van der Waals surface area contributed by atoms with E-state index in [1.165, 1.54) is 4.90 Å². The van der Waals surface area contributed by atoms with E-state index in [4.69, 9.17) is 4.52 Å². The molecular formula is C22H22N8O3. The largest absolute Gasteiger partial charge is 0.374 e. The fourth-order valence-corrected chi connectivity index (χ4v) is 3.68. The Kier molecular flexibility index (Phi) is 5.09. The van der Waals surface area contributed by atoms with Gasteiger partial charge < -0.3 is 19.8 Å². The molecule has 0 aliphatic carbocycles. The number of hydrogen-bond donors (Lipinski definition) is 2. The number of nitrogens with one attached hydrogen (secondary N) is 1. The van der Waals surface area contributed by atoms with Gasteiger partial charge >= 0.3 is 0 Å². The number of aromatic nitrogens is 6. The zero-order chi connectivity index (χ0) is 23.0. The molecule has 1 saturated heterocycles. The fourth-order valence-electron chi connectivity index (χ4n) is 3.68. The molecule has 1 aliphatic heterocycles. The van der Waals surface area contributed by atoms with Crippen LogP contribution in [0.15, 0.2) is 53.3 Å². The average molecular weight is 446 g/mol. The van der Waals surface area contributed by atoms with E-state index in [9.17, 15) is 9.90 Å². The van der Waals surface area contributed by atoms with Crippen molar-refractivity contribution in [1.82, 2.24) is 34.8 Å². The highest BCUT2D eigenvalue weighted by Crippen LogP contribution is 2.34. The van der Waals surface area contributed by atoms with E-state index in [0.717, 1.165) is 6.54 Å². The molecule has 0 bridgehead atoms. The van der Waals surface area contributed by atoms with Gasteiger partial charge in [0.25, 0.3) is 5.91 Å². The standard InChI is InChI=1S/C22H22N8O3/c1-3-30-11-8-19(27-30)26-21-23-10-7-15(25-21)14-5-4-6-16(24-14)17-13-18(28-33-17)22(32)9-12-29(2)20(22)31/h4-8,10-11,13,32H,3,9,12H2,1-2H3,(H,23,25,26,27). The first-order valence-electron chi connectivity index (χ1n) is 10.5. The van der Waals surface area contributed by atoms with E-state index in [1.54, 1.807) is 36.1 Å². The van der Waals surface area contributed by atoms with E-state index in [-0.39, 0.29) is 12.1 Å². The maximum absolute atomic E-state index is 12.3. The lowest BCUT2D eigenvalue weighted by Crippen LogP contribution is -2.36. The molecule has 1 atom stereocenters. The minimum absolute atomic E-state index is 0.180. The molecular weight excluding hydrogens is 424 g/mol. The van der Waals surface area contributed by atoms with Gasteiger partial charge in [0.2, 0.25) is 5.95 Å². The molecule has 5 heterocycles. The highest BCUT2D eigenvalue weighted by molar-refractivity contribution is 5.88. The number of nitrogens with zero attached hydrogens (tertiary/aromatic N) is 7. The van der Waals surface area contributed by atoms with Crippen molar-refractivity contribution < 1.29 is 14.4 Å². The first kappa shape index (κ1) is 20.8. The predicted molar refractivity (Wildman–Crippen MR) is 118 cm³/mol. The highest BCUT2D eigenvalue weighted by Gasteiger charge is 2.47. The SMILES string of the molecule is CCn1ccc(Nc2nccc(-c3cccc(-c4cc(C5(O)CCN(C)C5=O)no4)n3)n2)n1. The Hall–Kier alpha value is -4.12. The van der Waals surface area contributed by atoms with Crippen LogP contribution in [0.1, 0.15) is 19.0 Å². The van der Waals surface area contributed by atoms with Gasteiger partial charge in [0.15, 0.2) is 17.2 Å². The Morgan fingerprint density at radius 3 is 2.76 bits per heavy atom. The topological polar surface area (TPSA) is 135 Å². The monoisotopic (exact) mass is 446 g/mol. The maximum atomic E-state index is 12.3. The smallest absolute Gasteiger partial charge is 0.260 e. The Bertz CT molecular complexity index is 1320. The van der Waals surface area contributed by atoms with Crippen LogP contribution in [0.5, 0.6) is 0 Å². The van der Waals surface area contributed by atoms with Crippen molar-refractivity contribution in [2.24, 2.45) is 0 Å². The summed E-state index contributed by atoms with van der Waals surface area (Å²) in [5.74, 6) is 0.998. The van der Waals surface area contributed by atoms with Crippen LogP contribution < -0.4 is 5.32 Å². The highest BCUT2D eigenvalue weighted by atomic mass is 16.5. The van der Waals surface area contributed by atoms with E-state index < -0.39 is 11.5 Å². The summed E-state index contributed by atoms with van der Waals surface area (Å²) in [7, 11) is 1.65. The Morgan fingerprint density at radius 2 is 2.00 bits per heavy atom. The molecule has 168 valence electrons. The van der Waals surface area contributed by atoms with Crippen LogP contribution in [0.25, 0.3) is 22.8 Å². The van der Waals surface area contributed by atoms with Gasteiger partial charge in [-0.1, -0.05) is 11.2 Å². The Morgan fingerprint density at radius 1 is 1.18 bits per heavy atom. The van der Waals surface area contributed by atoms with Gasteiger partial charge in [0.05, 0.1) is 11.4 Å². The molecule has 5 rings (SSSR count). The molecule has 33 heavy (non-hydrogen) atoms. The van der Waals surface area contributed by atoms with Crippen molar-refractivity contribution in [1.29, 1.82) is 0 Å². The van der Waals surface area contributed by atoms with Crippen molar-refractivity contribution in [3.63, 3.8) is 0 Å². The summed E-state index contributed by atoms with van der Waals surface area (Å²) in [6, 6.07) is 10.6. The first-order chi connectivity index (χ1) is 16.0. The summed E-state index contributed by atoms with van der Waals surface area (Å²) >= 11 is 0. The summed E-state index contributed by atoms with van der Waals surface area (Å²) in [5.41, 5.74) is 0.217. The summed E-state index contributed by atoms with van der Waals surface area (Å²) < 4.78 is 7.22. The summed E-state index contributed by atoms with van der Waals surface area (Å²) in [6.45, 7) is 3.23. The molecule has 2 N–H and O–H groups in total. The van der Waals surface area contributed by atoms with Crippen LogP contribution in [0.3, 0.4) is 0 Å². The first-order valence-corrected chi connectivity index (χ1v) is 10.5. The number of carbonyl (C=O) groups excluding carboxylic acids is 1. The van der Waals surface area contributed by atoms with Crippen LogP contribution in [-0.2, 0) is 16.9 Å². The van der Waals surface area contributed by atoms with E-state index in [1.807, 2.05) is 31.3 Å². The van der Waals surface area contributed by atoms with E-state index >= 15 is 0 Å². The molecule has 1 amide bonds. The van der Waals surface area contributed by atoms with Crippen LogP contribution in [-0.4, -0.2) is 59.4 Å². The summed E-state index contributed by atoms with van der Waals surface area (Å²) in [5, 5.41) is 22.2. The number of amides is 1. The number of likely N-dealkylation sites (tertiary alicyclic amines) is 1. The number of aliphatic hydroxyl groups is 1. The lowest BCUT2D eigenvalue weighted by atomic mass is 9.97. The van der Waals surface area contributed by atoms with Gasteiger partial charge in [0, 0.05) is 51.1 Å². The lowest BCUT2D eigenvalue weighted by molar-refractivity contribution is -0.143. The molecule has 0 aromatic carbocycles. The molecule has 1 unspecified atom stereocenters. The third-order valence-electron chi connectivity index (χ3n) is 5.57. The number of rotatable bonds is 6. The van der Waals surface area contributed by atoms with Gasteiger partial charge in [-0.3, -0.25) is 9.48 Å². The maximum Gasteiger partial charge on any atom is 0.260 e. The second-order valence-corrected chi connectivity index (χ2v) is 7.77. The number of aryl methyl sites for hydroxylation is 1. The molecule has 0 radical (unpaired) electrons. The van der Waals surface area contributed by atoms with Gasteiger partial charge in [0.1, 0.15) is 11.4 Å². The lowest BCUT2D eigenvalue weighted by Gasteiger charge is -2.16. The van der Waals surface area contributed by atoms with Crippen LogP contribution in [0.2, 0.25) is 0 Å². The van der Waals surface area contributed by atoms with Crippen molar-refractivity contribution in [2.75, 3.05) is 18.9 Å². The predicted octanol–water partition coefficient (Wildman–Crippen LogP) is 2.20. The minimum atomic E-state index is -1.67. The molecule has 11 nitrogen and oxygen atoms in total. The van der Waals surface area contributed by atoms with Crippen molar-refractivity contribution >= 4 is 17.7 Å².